The molecule has 2 aromatic rings. The molecular formula is C16H14BrN3O3S. The van der Waals surface area contributed by atoms with E-state index >= 15 is 0 Å². The van der Waals surface area contributed by atoms with Gasteiger partial charge in [-0.15, -0.1) is 0 Å². The molecule has 0 aromatic heterocycles. The van der Waals surface area contributed by atoms with Crippen LogP contribution < -0.4 is 10.6 Å². The summed E-state index contributed by atoms with van der Waals surface area (Å²) < 4.78 is 0.823. The second kappa shape index (κ2) is 7.50. The van der Waals surface area contributed by atoms with Crippen LogP contribution in [0.15, 0.2) is 40.9 Å². The van der Waals surface area contributed by atoms with Gasteiger partial charge in [0.1, 0.15) is 0 Å². The molecule has 0 unspecified atom stereocenters. The Balaban J connectivity index is 2.10. The summed E-state index contributed by atoms with van der Waals surface area (Å²) in [6.45, 7) is 3.70. The summed E-state index contributed by atoms with van der Waals surface area (Å²) in [6, 6.07) is 9.60. The average Bonchev–Trinajstić information content (AvgIpc) is 2.51. The molecule has 2 rings (SSSR count). The van der Waals surface area contributed by atoms with E-state index in [9.17, 15) is 14.9 Å². The van der Waals surface area contributed by atoms with Crippen molar-refractivity contribution in [2.24, 2.45) is 0 Å². The maximum atomic E-state index is 12.2. The standard InChI is InChI=1S/C16H14BrN3O3S/c1-9-3-5-11(7-13(9)17)15(21)19-16(24)18-14-8-12(20(22)23)6-4-10(14)2/h3-8H,1-2H3,(H2,18,19,21,24). The Morgan fingerprint density at radius 2 is 1.83 bits per heavy atom. The Hall–Kier alpha value is -2.32. The predicted octanol–water partition coefficient (Wildman–Crippen LogP) is 4.10. The number of aryl methyl sites for hydroxylation is 2. The van der Waals surface area contributed by atoms with Gasteiger partial charge in [-0.2, -0.15) is 0 Å². The van der Waals surface area contributed by atoms with Crippen molar-refractivity contribution in [3.63, 3.8) is 0 Å². The van der Waals surface area contributed by atoms with E-state index in [2.05, 4.69) is 26.6 Å². The summed E-state index contributed by atoms with van der Waals surface area (Å²) in [4.78, 5) is 22.6. The lowest BCUT2D eigenvalue weighted by Crippen LogP contribution is -2.34. The summed E-state index contributed by atoms with van der Waals surface area (Å²) in [5.41, 5.74) is 2.65. The molecule has 24 heavy (non-hydrogen) atoms. The number of nitrogens with zero attached hydrogens (tertiary/aromatic N) is 1. The van der Waals surface area contributed by atoms with E-state index in [1.54, 1.807) is 25.1 Å². The highest BCUT2D eigenvalue weighted by Gasteiger charge is 2.12. The molecule has 8 heteroatoms. The van der Waals surface area contributed by atoms with E-state index in [-0.39, 0.29) is 16.7 Å². The normalized spacial score (nSPS) is 10.1. The van der Waals surface area contributed by atoms with Gasteiger partial charge < -0.3 is 5.32 Å². The molecule has 0 saturated carbocycles. The summed E-state index contributed by atoms with van der Waals surface area (Å²) >= 11 is 8.49. The van der Waals surface area contributed by atoms with Gasteiger partial charge in [-0.05, 0) is 49.3 Å². The summed E-state index contributed by atoms with van der Waals surface area (Å²) in [5, 5.41) is 16.3. The zero-order valence-electron chi connectivity index (χ0n) is 12.9. The molecule has 0 aliphatic heterocycles. The molecule has 0 aliphatic rings. The van der Waals surface area contributed by atoms with Crippen molar-refractivity contribution in [3.05, 3.63) is 67.7 Å². The fourth-order valence-electron chi connectivity index (χ4n) is 1.92. The van der Waals surface area contributed by atoms with Gasteiger partial charge in [0.2, 0.25) is 0 Å². The zero-order valence-corrected chi connectivity index (χ0v) is 15.3. The third-order valence-electron chi connectivity index (χ3n) is 3.34. The largest absolute Gasteiger partial charge is 0.332 e. The van der Waals surface area contributed by atoms with Crippen LogP contribution >= 0.6 is 28.1 Å². The Morgan fingerprint density at radius 3 is 2.46 bits per heavy atom. The first-order chi connectivity index (χ1) is 11.3. The number of hydrogen-bond donors (Lipinski definition) is 2. The van der Waals surface area contributed by atoms with Crippen molar-refractivity contribution in [2.75, 3.05) is 5.32 Å². The minimum absolute atomic E-state index is 0.0558. The van der Waals surface area contributed by atoms with Gasteiger partial charge in [-0.1, -0.05) is 28.1 Å². The summed E-state index contributed by atoms with van der Waals surface area (Å²) in [7, 11) is 0. The molecule has 0 bridgehead atoms. The monoisotopic (exact) mass is 407 g/mol. The molecule has 0 heterocycles. The van der Waals surface area contributed by atoms with Crippen molar-refractivity contribution < 1.29 is 9.72 Å². The molecule has 2 N–H and O–H groups in total. The first kappa shape index (κ1) is 18.0. The first-order valence-electron chi connectivity index (χ1n) is 6.91. The second-order valence-electron chi connectivity index (χ2n) is 5.13. The molecule has 2 aromatic carbocycles. The fourth-order valence-corrected chi connectivity index (χ4v) is 2.50. The van der Waals surface area contributed by atoms with Gasteiger partial charge in [0, 0.05) is 27.9 Å². The molecule has 0 fully saturated rings. The molecule has 0 atom stereocenters. The van der Waals surface area contributed by atoms with E-state index < -0.39 is 4.92 Å². The maximum Gasteiger partial charge on any atom is 0.271 e. The number of benzene rings is 2. The van der Waals surface area contributed by atoms with Crippen LogP contribution in [0.1, 0.15) is 21.5 Å². The van der Waals surface area contributed by atoms with Crippen LogP contribution in [0.4, 0.5) is 11.4 Å². The van der Waals surface area contributed by atoms with Crippen LogP contribution in [0.2, 0.25) is 0 Å². The van der Waals surface area contributed by atoms with E-state index in [1.165, 1.54) is 12.1 Å². The predicted molar refractivity (Wildman–Crippen MR) is 100 cm³/mol. The van der Waals surface area contributed by atoms with E-state index in [4.69, 9.17) is 12.2 Å². The van der Waals surface area contributed by atoms with Gasteiger partial charge in [-0.3, -0.25) is 20.2 Å². The van der Waals surface area contributed by atoms with Crippen LogP contribution in [0.3, 0.4) is 0 Å². The van der Waals surface area contributed by atoms with Gasteiger partial charge in [-0.25, -0.2) is 0 Å². The number of carbonyl (C=O) groups excluding carboxylic acids is 1. The van der Waals surface area contributed by atoms with Gasteiger partial charge in [0.25, 0.3) is 11.6 Å². The number of anilines is 1. The third-order valence-corrected chi connectivity index (χ3v) is 4.40. The highest BCUT2D eigenvalue weighted by atomic mass is 79.9. The fraction of sp³-hybridized carbons (Fsp3) is 0.125. The SMILES string of the molecule is Cc1ccc(C(=O)NC(=S)Nc2cc([N+](=O)[O-])ccc2C)cc1Br. The number of thiocarbonyl (C=S) groups is 1. The summed E-state index contributed by atoms with van der Waals surface area (Å²) in [6.07, 6.45) is 0. The van der Waals surface area contributed by atoms with Crippen molar-refractivity contribution in [1.29, 1.82) is 0 Å². The Bertz CT molecular complexity index is 839. The number of amides is 1. The number of hydrogen-bond acceptors (Lipinski definition) is 4. The van der Waals surface area contributed by atoms with Gasteiger partial charge >= 0.3 is 0 Å². The number of nitro benzene ring substituents is 1. The molecule has 0 spiro atoms. The maximum absolute atomic E-state index is 12.2. The van der Waals surface area contributed by atoms with E-state index in [0.29, 0.717) is 11.3 Å². The Morgan fingerprint density at radius 1 is 1.17 bits per heavy atom. The number of carbonyl (C=O) groups is 1. The number of nitro groups is 1. The molecule has 6 nitrogen and oxygen atoms in total. The van der Waals surface area contributed by atoms with Crippen LogP contribution in [-0.4, -0.2) is 15.9 Å². The minimum Gasteiger partial charge on any atom is -0.332 e. The topological polar surface area (TPSA) is 84.3 Å². The zero-order chi connectivity index (χ0) is 17.9. The van der Waals surface area contributed by atoms with Gasteiger partial charge in [0.15, 0.2) is 5.11 Å². The molecular weight excluding hydrogens is 394 g/mol. The highest BCUT2D eigenvalue weighted by Crippen LogP contribution is 2.22. The average molecular weight is 408 g/mol. The lowest BCUT2D eigenvalue weighted by molar-refractivity contribution is -0.384. The third kappa shape index (κ3) is 4.36. The number of rotatable bonds is 3. The summed E-state index contributed by atoms with van der Waals surface area (Å²) in [5.74, 6) is -0.365. The van der Waals surface area contributed by atoms with E-state index in [0.717, 1.165) is 15.6 Å². The quantitative estimate of drug-likeness (QED) is 0.454. The molecule has 124 valence electrons. The lowest BCUT2D eigenvalue weighted by Gasteiger charge is -2.12. The van der Waals surface area contributed by atoms with Crippen molar-refractivity contribution in [2.45, 2.75) is 13.8 Å². The van der Waals surface area contributed by atoms with Crippen LogP contribution in [0.25, 0.3) is 0 Å². The smallest absolute Gasteiger partial charge is 0.271 e. The van der Waals surface area contributed by atoms with Crippen LogP contribution in [-0.2, 0) is 0 Å². The Labute approximate surface area is 152 Å². The van der Waals surface area contributed by atoms with Crippen molar-refractivity contribution in [1.82, 2.24) is 5.32 Å². The van der Waals surface area contributed by atoms with Crippen LogP contribution in [0, 0.1) is 24.0 Å². The number of nitrogens with one attached hydrogen (secondary N) is 2. The molecule has 1 amide bonds. The molecule has 0 saturated heterocycles. The highest BCUT2D eigenvalue weighted by molar-refractivity contribution is 9.10. The lowest BCUT2D eigenvalue weighted by atomic mass is 10.1. The minimum atomic E-state index is -0.490. The van der Waals surface area contributed by atoms with Crippen molar-refractivity contribution >= 4 is 50.5 Å². The van der Waals surface area contributed by atoms with Crippen molar-refractivity contribution in [3.8, 4) is 0 Å². The number of halogens is 1. The molecule has 0 radical (unpaired) electrons. The van der Waals surface area contributed by atoms with Gasteiger partial charge in [0.05, 0.1) is 4.92 Å². The first-order valence-corrected chi connectivity index (χ1v) is 8.11. The number of non-ortho nitro benzene ring substituents is 1. The second-order valence-corrected chi connectivity index (χ2v) is 6.39. The van der Waals surface area contributed by atoms with Crippen LogP contribution in [0.5, 0.6) is 0 Å². The Kier molecular flexibility index (Phi) is 5.63. The molecule has 0 aliphatic carbocycles. The van der Waals surface area contributed by atoms with E-state index in [1.807, 2.05) is 13.0 Å².